The van der Waals surface area contributed by atoms with Gasteiger partial charge in [0.2, 0.25) is 0 Å². The van der Waals surface area contributed by atoms with Crippen LogP contribution in [0.2, 0.25) is 0 Å². The highest BCUT2D eigenvalue weighted by atomic mass is 16.4. The molecule has 0 radical (unpaired) electrons. The van der Waals surface area contributed by atoms with E-state index >= 15 is 0 Å². The largest absolute Gasteiger partial charge is 0.480 e. The molecule has 0 aliphatic heterocycles. The zero-order valence-corrected chi connectivity index (χ0v) is 9.40. The minimum Gasteiger partial charge on any atom is -0.480 e. The Labute approximate surface area is 90.3 Å². The fourth-order valence-corrected chi connectivity index (χ4v) is 1.59. The summed E-state index contributed by atoms with van der Waals surface area (Å²) in [6.45, 7) is 4.37. The van der Waals surface area contributed by atoms with Crippen LogP contribution in [-0.2, 0) is 10.3 Å². The molecule has 0 bridgehead atoms. The second-order valence-corrected chi connectivity index (χ2v) is 3.76. The van der Waals surface area contributed by atoms with Crippen molar-refractivity contribution in [1.82, 2.24) is 4.90 Å². The first-order valence-corrected chi connectivity index (χ1v) is 5.03. The number of carboxylic acids is 1. The number of nitrogens with zero attached hydrogens (tertiary/aromatic N) is 1. The number of rotatable bonds is 4. The highest BCUT2D eigenvalue weighted by molar-refractivity contribution is 5.80. The number of hydrogen-bond acceptors (Lipinski definition) is 2. The van der Waals surface area contributed by atoms with Crippen LogP contribution in [0, 0.1) is 0 Å². The van der Waals surface area contributed by atoms with Crippen LogP contribution in [0.5, 0.6) is 0 Å². The monoisotopic (exact) mass is 207 g/mol. The molecular formula is C12H17NO2. The van der Waals surface area contributed by atoms with Gasteiger partial charge in [-0.3, -0.25) is 4.90 Å². The maximum Gasteiger partial charge on any atom is 0.328 e. The molecule has 0 aromatic heterocycles. The fourth-order valence-electron chi connectivity index (χ4n) is 1.59. The quantitative estimate of drug-likeness (QED) is 0.820. The fraction of sp³-hybridized carbons (Fsp3) is 0.417. The molecule has 0 saturated heterocycles. The molecule has 0 amide bonds. The van der Waals surface area contributed by atoms with Crippen LogP contribution in [-0.4, -0.2) is 29.6 Å². The Morgan fingerprint density at radius 3 is 2.33 bits per heavy atom. The summed E-state index contributed by atoms with van der Waals surface area (Å²) in [6, 6.07) is 9.30. The summed E-state index contributed by atoms with van der Waals surface area (Å²) < 4.78 is 0. The molecule has 3 heteroatoms. The summed E-state index contributed by atoms with van der Waals surface area (Å²) in [6.07, 6.45) is 0. The minimum atomic E-state index is -0.948. The van der Waals surface area contributed by atoms with Crippen molar-refractivity contribution in [3.8, 4) is 0 Å². The number of benzene rings is 1. The van der Waals surface area contributed by atoms with Crippen molar-refractivity contribution in [3.63, 3.8) is 0 Å². The highest BCUT2D eigenvalue weighted by Crippen LogP contribution is 2.26. The van der Waals surface area contributed by atoms with E-state index < -0.39 is 11.5 Å². The molecule has 0 saturated carbocycles. The van der Waals surface area contributed by atoms with Crippen molar-refractivity contribution < 1.29 is 9.90 Å². The Bertz CT molecular complexity index is 337. The first-order chi connectivity index (χ1) is 7.03. The van der Waals surface area contributed by atoms with Crippen molar-refractivity contribution in [1.29, 1.82) is 0 Å². The lowest BCUT2D eigenvalue weighted by atomic mass is 9.90. The number of hydrogen-bond donors (Lipinski definition) is 1. The average Bonchev–Trinajstić information content (AvgIpc) is 2.27. The molecule has 15 heavy (non-hydrogen) atoms. The molecule has 0 fully saturated rings. The van der Waals surface area contributed by atoms with E-state index in [1.54, 1.807) is 6.92 Å². The average molecular weight is 207 g/mol. The third-order valence-corrected chi connectivity index (χ3v) is 2.99. The van der Waals surface area contributed by atoms with Crippen LogP contribution in [0.1, 0.15) is 19.4 Å². The van der Waals surface area contributed by atoms with Crippen LogP contribution in [0.3, 0.4) is 0 Å². The van der Waals surface area contributed by atoms with E-state index in [4.69, 9.17) is 0 Å². The van der Waals surface area contributed by atoms with Crippen molar-refractivity contribution in [2.24, 2.45) is 0 Å². The number of likely N-dealkylation sites (N-methyl/N-ethyl adjacent to an activating group) is 1. The van der Waals surface area contributed by atoms with E-state index in [2.05, 4.69) is 0 Å². The molecule has 1 aromatic carbocycles. The minimum absolute atomic E-state index is 0.692. The van der Waals surface area contributed by atoms with Gasteiger partial charge in [0.25, 0.3) is 0 Å². The predicted octanol–water partition coefficient (Wildman–Crippen LogP) is 1.94. The maximum atomic E-state index is 11.4. The predicted molar refractivity (Wildman–Crippen MR) is 59.7 cm³/mol. The number of carboxylic acid groups (broad SMARTS) is 1. The molecule has 1 N–H and O–H groups in total. The number of carbonyl (C=O) groups is 1. The molecule has 82 valence electrons. The van der Waals surface area contributed by atoms with Crippen molar-refractivity contribution in [2.45, 2.75) is 19.4 Å². The summed E-state index contributed by atoms with van der Waals surface area (Å²) in [5.41, 5.74) is -0.141. The lowest BCUT2D eigenvalue weighted by molar-refractivity contribution is -0.150. The van der Waals surface area contributed by atoms with E-state index in [-0.39, 0.29) is 0 Å². The smallest absolute Gasteiger partial charge is 0.328 e. The van der Waals surface area contributed by atoms with Crippen molar-refractivity contribution >= 4 is 5.97 Å². The van der Waals surface area contributed by atoms with Gasteiger partial charge in [0.1, 0.15) is 5.54 Å². The van der Waals surface area contributed by atoms with Gasteiger partial charge in [0, 0.05) is 0 Å². The van der Waals surface area contributed by atoms with E-state index in [0.29, 0.717) is 6.54 Å². The van der Waals surface area contributed by atoms with Crippen molar-refractivity contribution in [3.05, 3.63) is 35.9 Å². The Kier molecular flexibility index (Phi) is 3.48. The molecule has 3 nitrogen and oxygen atoms in total. The van der Waals surface area contributed by atoms with Gasteiger partial charge in [-0.15, -0.1) is 0 Å². The normalized spacial score (nSPS) is 14.9. The van der Waals surface area contributed by atoms with Crippen molar-refractivity contribution in [2.75, 3.05) is 13.6 Å². The SMILES string of the molecule is CCN(C)C(C)(C(=O)O)c1ccccc1. The van der Waals surface area contributed by atoms with E-state index in [0.717, 1.165) is 5.56 Å². The summed E-state index contributed by atoms with van der Waals surface area (Å²) in [5, 5.41) is 9.35. The molecule has 0 spiro atoms. The zero-order valence-electron chi connectivity index (χ0n) is 9.40. The summed E-state index contributed by atoms with van der Waals surface area (Å²) in [4.78, 5) is 13.2. The zero-order chi connectivity index (χ0) is 11.5. The van der Waals surface area contributed by atoms with Gasteiger partial charge in [0.15, 0.2) is 0 Å². The first kappa shape index (κ1) is 11.7. The molecular weight excluding hydrogens is 190 g/mol. The van der Waals surface area contributed by atoms with Crippen LogP contribution in [0.4, 0.5) is 0 Å². The Balaban J connectivity index is 3.19. The van der Waals surface area contributed by atoms with Crippen LogP contribution < -0.4 is 0 Å². The molecule has 0 aliphatic carbocycles. The van der Waals surface area contributed by atoms with E-state index in [9.17, 15) is 9.90 Å². The topological polar surface area (TPSA) is 40.5 Å². The lowest BCUT2D eigenvalue weighted by Crippen LogP contribution is -2.47. The molecule has 1 atom stereocenters. The Morgan fingerprint density at radius 2 is 1.93 bits per heavy atom. The van der Waals surface area contributed by atoms with Crippen LogP contribution in [0.25, 0.3) is 0 Å². The van der Waals surface area contributed by atoms with E-state index in [1.165, 1.54) is 0 Å². The summed E-state index contributed by atoms with van der Waals surface area (Å²) >= 11 is 0. The Hall–Kier alpha value is -1.35. The third kappa shape index (κ3) is 2.02. The van der Waals surface area contributed by atoms with Gasteiger partial charge < -0.3 is 5.11 Å². The van der Waals surface area contributed by atoms with Crippen LogP contribution >= 0.6 is 0 Å². The van der Waals surface area contributed by atoms with Gasteiger partial charge in [-0.2, -0.15) is 0 Å². The van der Waals surface area contributed by atoms with Gasteiger partial charge in [0.05, 0.1) is 0 Å². The molecule has 0 heterocycles. The molecule has 1 unspecified atom stereocenters. The standard InChI is InChI=1S/C12H17NO2/c1-4-13(3)12(2,11(14)15)10-8-6-5-7-9-10/h5-9H,4H2,1-3H3,(H,14,15). The Morgan fingerprint density at radius 1 is 1.40 bits per heavy atom. The second-order valence-electron chi connectivity index (χ2n) is 3.76. The summed E-state index contributed by atoms with van der Waals surface area (Å²) in [5.74, 6) is -0.821. The molecule has 1 rings (SSSR count). The van der Waals surface area contributed by atoms with Gasteiger partial charge in [-0.25, -0.2) is 4.79 Å². The molecule has 1 aromatic rings. The number of aliphatic carboxylic acids is 1. The second kappa shape index (κ2) is 4.45. The highest BCUT2D eigenvalue weighted by Gasteiger charge is 2.38. The van der Waals surface area contributed by atoms with Gasteiger partial charge in [-0.05, 0) is 26.1 Å². The maximum absolute atomic E-state index is 11.4. The van der Waals surface area contributed by atoms with E-state index in [1.807, 2.05) is 49.2 Å². The molecule has 0 aliphatic rings. The lowest BCUT2D eigenvalue weighted by Gasteiger charge is -2.34. The first-order valence-electron chi connectivity index (χ1n) is 5.03. The third-order valence-electron chi connectivity index (χ3n) is 2.99. The summed E-state index contributed by atoms with van der Waals surface area (Å²) in [7, 11) is 1.82. The van der Waals surface area contributed by atoms with Gasteiger partial charge in [-0.1, -0.05) is 37.3 Å². The van der Waals surface area contributed by atoms with Gasteiger partial charge >= 0.3 is 5.97 Å². The van der Waals surface area contributed by atoms with Crippen LogP contribution in [0.15, 0.2) is 30.3 Å².